The van der Waals surface area contributed by atoms with Crippen molar-refractivity contribution >= 4 is 23.4 Å². The van der Waals surface area contributed by atoms with Crippen molar-refractivity contribution in [3.63, 3.8) is 0 Å². The maximum absolute atomic E-state index is 12.8. The molecule has 1 aliphatic heterocycles. The number of aryl methyl sites for hydroxylation is 1. The summed E-state index contributed by atoms with van der Waals surface area (Å²) in [5.74, 6) is -3.31. The molecule has 2 aromatic rings. The second-order valence-corrected chi connectivity index (χ2v) is 6.93. The van der Waals surface area contributed by atoms with E-state index in [-0.39, 0.29) is 35.8 Å². The second kappa shape index (κ2) is 8.28. The van der Waals surface area contributed by atoms with E-state index < -0.39 is 23.7 Å². The van der Waals surface area contributed by atoms with Gasteiger partial charge in [0, 0.05) is 12.1 Å². The van der Waals surface area contributed by atoms with Gasteiger partial charge in [0.1, 0.15) is 5.76 Å². The molecule has 1 atom stereocenters. The van der Waals surface area contributed by atoms with Crippen molar-refractivity contribution in [1.29, 1.82) is 0 Å². The number of aromatic hydroxyl groups is 1. The van der Waals surface area contributed by atoms with E-state index in [0.717, 1.165) is 10.5 Å². The lowest BCUT2D eigenvalue weighted by Crippen LogP contribution is -2.31. The molecule has 8 heteroatoms. The zero-order valence-corrected chi connectivity index (χ0v) is 16.5. The molecule has 30 heavy (non-hydrogen) atoms. The van der Waals surface area contributed by atoms with Crippen molar-refractivity contribution in [3.8, 4) is 11.5 Å². The van der Waals surface area contributed by atoms with Crippen molar-refractivity contribution < 1.29 is 34.4 Å². The first-order valence-electron chi connectivity index (χ1n) is 9.18. The number of hydrogen-bond acceptors (Lipinski definition) is 6. The van der Waals surface area contributed by atoms with Gasteiger partial charge in [-0.3, -0.25) is 14.4 Å². The monoisotopic (exact) mass is 411 g/mol. The molecule has 1 saturated heterocycles. The Hall–Kier alpha value is -3.81. The summed E-state index contributed by atoms with van der Waals surface area (Å²) in [5.41, 5.74) is 1.55. The van der Waals surface area contributed by atoms with Gasteiger partial charge in [0.05, 0.1) is 25.1 Å². The van der Waals surface area contributed by atoms with Crippen LogP contribution in [0.15, 0.2) is 48.0 Å². The number of aliphatic hydroxyl groups is 1. The standard InChI is InChI=1S/C22H21NO7/c1-12-3-5-13(6-4-12)20(27)18-19(14-7-8-15(24)16(11-14)30-2)23(10-9-17(25)26)22(29)21(18)28/h3-8,11,19,24,27H,9-10H2,1-2H3,(H,25,26)/t19-/m1/s1. The highest BCUT2D eigenvalue weighted by atomic mass is 16.5. The molecule has 0 saturated carbocycles. The topological polar surface area (TPSA) is 124 Å². The van der Waals surface area contributed by atoms with E-state index in [4.69, 9.17) is 9.84 Å². The number of ether oxygens (including phenoxy) is 1. The van der Waals surface area contributed by atoms with Gasteiger partial charge in [-0.15, -0.1) is 0 Å². The summed E-state index contributed by atoms with van der Waals surface area (Å²) in [4.78, 5) is 37.7. The number of phenolic OH excluding ortho intramolecular Hbond substituents is 1. The molecule has 1 heterocycles. The Morgan fingerprint density at radius 3 is 2.37 bits per heavy atom. The van der Waals surface area contributed by atoms with Gasteiger partial charge >= 0.3 is 5.97 Å². The fraction of sp³-hybridized carbons (Fsp3) is 0.227. The number of phenols is 1. The molecule has 1 amide bonds. The minimum atomic E-state index is -1.13. The van der Waals surface area contributed by atoms with Crippen LogP contribution in [-0.4, -0.2) is 51.5 Å². The summed E-state index contributed by atoms with van der Waals surface area (Å²) in [7, 11) is 1.35. The molecular weight excluding hydrogens is 390 g/mol. The van der Waals surface area contributed by atoms with Gasteiger partial charge in [-0.1, -0.05) is 35.9 Å². The third-order valence-corrected chi connectivity index (χ3v) is 4.95. The predicted octanol–water partition coefficient (Wildman–Crippen LogP) is 2.61. The van der Waals surface area contributed by atoms with Crippen molar-refractivity contribution in [1.82, 2.24) is 4.90 Å². The Morgan fingerprint density at radius 2 is 1.77 bits per heavy atom. The van der Waals surface area contributed by atoms with Crippen molar-refractivity contribution in [3.05, 3.63) is 64.7 Å². The average Bonchev–Trinajstić information content (AvgIpc) is 2.97. The van der Waals surface area contributed by atoms with E-state index in [1.54, 1.807) is 24.3 Å². The summed E-state index contributed by atoms with van der Waals surface area (Å²) in [6.45, 7) is 1.65. The first-order valence-corrected chi connectivity index (χ1v) is 9.18. The van der Waals surface area contributed by atoms with Crippen LogP contribution in [0, 0.1) is 6.92 Å². The van der Waals surface area contributed by atoms with Crippen molar-refractivity contribution in [2.24, 2.45) is 0 Å². The molecule has 2 aromatic carbocycles. The molecule has 0 spiro atoms. The number of nitrogens with zero attached hydrogens (tertiary/aromatic N) is 1. The van der Waals surface area contributed by atoms with E-state index >= 15 is 0 Å². The van der Waals surface area contributed by atoms with Gasteiger partial charge in [-0.05, 0) is 24.6 Å². The summed E-state index contributed by atoms with van der Waals surface area (Å²) >= 11 is 0. The number of benzene rings is 2. The third kappa shape index (κ3) is 3.84. The summed E-state index contributed by atoms with van der Waals surface area (Å²) in [6, 6.07) is 10.0. The van der Waals surface area contributed by atoms with Crippen LogP contribution in [0.4, 0.5) is 0 Å². The van der Waals surface area contributed by atoms with Crippen LogP contribution in [0.1, 0.15) is 29.2 Å². The highest BCUT2D eigenvalue weighted by Gasteiger charge is 2.46. The number of likely N-dealkylation sites (tertiary alicyclic amines) is 1. The van der Waals surface area contributed by atoms with E-state index in [9.17, 15) is 24.6 Å². The van der Waals surface area contributed by atoms with Crippen LogP contribution in [0.2, 0.25) is 0 Å². The number of carboxylic acids is 1. The van der Waals surface area contributed by atoms with E-state index in [1.165, 1.54) is 25.3 Å². The van der Waals surface area contributed by atoms with Gasteiger partial charge in [0.15, 0.2) is 11.5 Å². The summed E-state index contributed by atoms with van der Waals surface area (Å²) in [5, 5.41) is 29.8. The molecule has 1 aliphatic rings. The lowest BCUT2D eigenvalue weighted by Gasteiger charge is -2.25. The average molecular weight is 411 g/mol. The van der Waals surface area contributed by atoms with E-state index in [0.29, 0.717) is 11.1 Å². The number of amides is 1. The lowest BCUT2D eigenvalue weighted by molar-refractivity contribution is -0.142. The molecule has 0 unspecified atom stereocenters. The SMILES string of the molecule is COc1cc([C@@H]2C(=C(O)c3ccc(C)cc3)C(=O)C(=O)N2CCC(=O)O)ccc1O. The number of carbonyl (C=O) groups is 3. The number of ketones is 1. The Labute approximate surface area is 172 Å². The maximum atomic E-state index is 12.8. The highest BCUT2D eigenvalue weighted by Crippen LogP contribution is 2.41. The molecule has 0 bridgehead atoms. The zero-order valence-electron chi connectivity index (χ0n) is 16.5. The van der Waals surface area contributed by atoms with Crippen LogP contribution in [0.25, 0.3) is 5.76 Å². The van der Waals surface area contributed by atoms with Crippen LogP contribution in [-0.2, 0) is 14.4 Å². The number of rotatable bonds is 6. The fourth-order valence-corrected chi connectivity index (χ4v) is 3.40. The Balaban J connectivity index is 2.18. The number of hydrogen-bond donors (Lipinski definition) is 3. The molecule has 0 aliphatic carbocycles. The van der Waals surface area contributed by atoms with Crippen molar-refractivity contribution in [2.75, 3.05) is 13.7 Å². The number of Topliss-reactive ketones (excluding diaryl/α,β-unsaturated/α-hetero) is 1. The highest BCUT2D eigenvalue weighted by molar-refractivity contribution is 6.46. The predicted molar refractivity (Wildman–Crippen MR) is 107 cm³/mol. The zero-order chi connectivity index (χ0) is 22.0. The number of methoxy groups -OCH3 is 1. The molecule has 8 nitrogen and oxygen atoms in total. The normalized spacial score (nSPS) is 17.9. The first kappa shape index (κ1) is 20.9. The maximum Gasteiger partial charge on any atom is 0.305 e. The van der Waals surface area contributed by atoms with Gasteiger partial charge in [-0.25, -0.2) is 0 Å². The number of aliphatic hydroxyl groups excluding tert-OH is 1. The molecule has 1 fully saturated rings. The Bertz CT molecular complexity index is 1040. The summed E-state index contributed by atoms with van der Waals surface area (Å²) < 4.78 is 5.11. The third-order valence-electron chi connectivity index (χ3n) is 4.95. The van der Waals surface area contributed by atoms with Crippen LogP contribution in [0.5, 0.6) is 11.5 Å². The molecule has 156 valence electrons. The quantitative estimate of drug-likeness (QED) is 0.379. The smallest absolute Gasteiger partial charge is 0.305 e. The fourth-order valence-electron chi connectivity index (χ4n) is 3.40. The summed E-state index contributed by atoms with van der Waals surface area (Å²) in [6.07, 6.45) is -0.372. The van der Waals surface area contributed by atoms with Crippen molar-refractivity contribution in [2.45, 2.75) is 19.4 Å². The van der Waals surface area contributed by atoms with Crippen LogP contribution < -0.4 is 4.74 Å². The molecule has 3 rings (SSSR count). The minimum absolute atomic E-state index is 0.117. The largest absolute Gasteiger partial charge is 0.507 e. The van der Waals surface area contributed by atoms with Gasteiger partial charge in [0.2, 0.25) is 0 Å². The Kier molecular flexibility index (Phi) is 5.77. The van der Waals surface area contributed by atoms with E-state index in [2.05, 4.69) is 0 Å². The number of aliphatic carboxylic acids is 1. The molecular formula is C22H21NO7. The number of carboxylic acid groups (broad SMARTS) is 1. The first-order chi connectivity index (χ1) is 14.2. The van der Waals surface area contributed by atoms with Gasteiger partial charge < -0.3 is 25.0 Å². The second-order valence-electron chi connectivity index (χ2n) is 6.93. The molecule has 0 radical (unpaired) electrons. The number of carbonyl (C=O) groups excluding carboxylic acids is 2. The van der Waals surface area contributed by atoms with Crippen LogP contribution >= 0.6 is 0 Å². The van der Waals surface area contributed by atoms with Gasteiger partial charge in [0.25, 0.3) is 11.7 Å². The van der Waals surface area contributed by atoms with E-state index in [1.807, 2.05) is 6.92 Å². The van der Waals surface area contributed by atoms with Gasteiger partial charge in [-0.2, -0.15) is 0 Å². The van der Waals surface area contributed by atoms with Crippen LogP contribution in [0.3, 0.4) is 0 Å². The lowest BCUT2D eigenvalue weighted by atomic mass is 9.94. The molecule has 3 N–H and O–H groups in total. The Morgan fingerprint density at radius 1 is 1.10 bits per heavy atom. The molecule has 0 aromatic heterocycles. The minimum Gasteiger partial charge on any atom is -0.507 e.